The molecule has 2 rings (SSSR count). The maximum Gasteiger partial charge on any atom is 0.166 e. The van der Waals surface area contributed by atoms with E-state index in [2.05, 4.69) is 75.2 Å². The van der Waals surface area contributed by atoms with Crippen molar-refractivity contribution in [2.24, 2.45) is 0 Å². The van der Waals surface area contributed by atoms with Crippen LogP contribution in [0, 0.1) is 0 Å². The lowest BCUT2D eigenvalue weighted by Gasteiger charge is -2.06. The lowest BCUT2D eigenvalue weighted by Crippen LogP contribution is -2.04. The normalized spacial score (nSPS) is 9.22. The van der Waals surface area contributed by atoms with Crippen LogP contribution >= 0.6 is 0 Å². The van der Waals surface area contributed by atoms with E-state index in [1.807, 2.05) is 39.0 Å². The van der Waals surface area contributed by atoms with Gasteiger partial charge >= 0.3 is 0 Å². The molecule has 2 heteroatoms. The van der Waals surface area contributed by atoms with Gasteiger partial charge in [-0.05, 0) is 50.3 Å². The first-order chi connectivity index (χ1) is 13.1. The first-order valence-corrected chi connectivity index (χ1v) is 10.8. The largest absolute Gasteiger partial charge is 0.499 e. The van der Waals surface area contributed by atoms with E-state index >= 15 is 0 Å². The molecule has 146 valence electrons. The SMILES string of the molecule is C=C(C)OCCCC.C=CC(=C)[S+](c1ccccc1)c1ccccc1.CC. The molecule has 0 aliphatic heterocycles. The van der Waals surface area contributed by atoms with Gasteiger partial charge in [-0.3, -0.25) is 0 Å². The van der Waals surface area contributed by atoms with Gasteiger partial charge in [0.05, 0.1) is 23.3 Å². The van der Waals surface area contributed by atoms with Gasteiger partial charge in [-0.1, -0.05) is 76.7 Å². The summed E-state index contributed by atoms with van der Waals surface area (Å²) in [6.45, 7) is 20.4. The predicted molar refractivity (Wildman–Crippen MR) is 123 cm³/mol. The zero-order valence-electron chi connectivity index (χ0n) is 17.4. The van der Waals surface area contributed by atoms with Crippen LogP contribution in [0.3, 0.4) is 0 Å². The molecule has 0 atom stereocenters. The number of unbranched alkanes of at least 4 members (excludes halogenated alkanes) is 1. The number of rotatable bonds is 8. The quantitative estimate of drug-likeness (QED) is 0.196. The molecular formula is C25H35OS+. The molecule has 0 N–H and O–H groups in total. The van der Waals surface area contributed by atoms with Gasteiger partial charge in [0.25, 0.3) is 0 Å². The molecule has 0 radical (unpaired) electrons. The van der Waals surface area contributed by atoms with E-state index in [1.165, 1.54) is 16.2 Å². The zero-order valence-corrected chi connectivity index (χ0v) is 18.2. The topological polar surface area (TPSA) is 9.23 Å². The first kappa shape index (κ1) is 24.8. The standard InChI is InChI=1S/C16H15S.C7H14O.C2H6/c1-3-14(2)17(15-10-6-4-7-11-15)16-12-8-5-9-13-16;1-4-5-6-8-7(2)3;1-2/h3-13H,1-2H2;2,4-6H2,1,3H3;1-2H3/q+1;;. The van der Waals surface area contributed by atoms with Crippen molar-refractivity contribution in [2.45, 2.75) is 50.3 Å². The summed E-state index contributed by atoms with van der Waals surface area (Å²) >= 11 is 0. The van der Waals surface area contributed by atoms with Crippen LogP contribution in [0.25, 0.3) is 0 Å². The Morgan fingerprint density at radius 2 is 1.37 bits per heavy atom. The molecule has 0 unspecified atom stereocenters. The van der Waals surface area contributed by atoms with E-state index < -0.39 is 0 Å². The van der Waals surface area contributed by atoms with Gasteiger partial charge in [0.15, 0.2) is 14.7 Å². The minimum atomic E-state index is -0.109. The Morgan fingerprint density at radius 1 is 0.926 bits per heavy atom. The highest BCUT2D eigenvalue weighted by Crippen LogP contribution is 2.29. The molecule has 1 nitrogen and oxygen atoms in total. The molecule has 0 aliphatic carbocycles. The van der Waals surface area contributed by atoms with Gasteiger partial charge in [-0.25, -0.2) is 0 Å². The molecule has 0 heterocycles. The molecule has 0 aromatic heterocycles. The number of hydrogen-bond donors (Lipinski definition) is 0. The van der Waals surface area contributed by atoms with Crippen LogP contribution < -0.4 is 0 Å². The Kier molecular flexibility index (Phi) is 14.7. The van der Waals surface area contributed by atoms with Crippen molar-refractivity contribution in [2.75, 3.05) is 6.61 Å². The zero-order chi connectivity index (χ0) is 20.5. The first-order valence-electron chi connectivity index (χ1n) is 9.54. The smallest absolute Gasteiger partial charge is 0.166 e. The fraction of sp³-hybridized carbons (Fsp3) is 0.280. The van der Waals surface area contributed by atoms with Crippen molar-refractivity contribution in [3.8, 4) is 0 Å². The molecule has 2 aromatic carbocycles. The van der Waals surface area contributed by atoms with E-state index in [-0.39, 0.29) is 10.9 Å². The van der Waals surface area contributed by atoms with E-state index in [1.54, 1.807) is 0 Å². The maximum atomic E-state index is 5.09. The summed E-state index contributed by atoms with van der Waals surface area (Å²) in [6.07, 6.45) is 4.17. The lowest BCUT2D eigenvalue weighted by molar-refractivity contribution is 0.211. The molecule has 0 fully saturated rings. The van der Waals surface area contributed by atoms with Gasteiger partial charge in [-0.2, -0.15) is 0 Å². The monoisotopic (exact) mass is 383 g/mol. The molecule has 0 saturated heterocycles. The minimum absolute atomic E-state index is 0.109. The van der Waals surface area contributed by atoms with Crippen molar-refractivity contribution in [3.63, 3.8) is 0 Å². The van der Waals surface area contributed by atoms with Gasteiger partial charge < -0.3 is 4.74 Å². The second-order valence-electron chi connectivity index (χ2n) is 5.51. The third-order valence-corrected chi connectivity index (χ3v) is 5.47. The highest BCUT2D eigenvalue weighted by molar-refractivity contribution is 8.00. The van der Waals surface area contributed by atoms with Crippen molar-refractivity contribution < 1.29 is 4.74 Å². The second-order valence-corrected chi connectivity index (χ2v) is 7.59. The van der Waals surface area contributed by atoms with Gasteiger partial charge in [0, 0.05) is 0 Å². The van der Waals surface area contributed by atoms with Crippen LogP contribution in [-0.4, -0.2) is 6.61 Å². The predicted octanol–water partition coefficient (Wildman–Crippen LogP) is 7.79. The van der Waals surface area contributed by atoms with Crippen LogP contribution in [0.5, 0.6) is 0 Å². The van der Waals surface area contributed by atoms with Crippen LogP contribution in [0.4, 0.5) is 0 Å². The molecule has 0 amide bonds. The van der Waals surface area contributed by atoms with Crippen LogP contribution in [0.15, 0.2) is 107 Å². The minimum Gasteiger partial charge on any atom is -0.499 e. The summed E-state index contributed by atoms with van der Waals surface area (Å²) in [5.74, 6) is 0.818. The molecular weight excluding hydrogens is 348 g/mol. The second kappa shape index (κ2) is 16.0. The van der Waals surface area contributed by atoms with Crippen molar-refractivity contribution in [1.29, 1.82) is 0 Å². The molecule has 0 saturated carbocycles. The molecule has 0 bridgehead atoms. The highest BCUT2D eigenvalue weighted by Gasteiger charge is 2.27. The molecule has 27 heavy (non-hydrogen) atoms. The summed E-state index contributed by atoms with van der Waals surface area (Å²) in [7, 11) is -0.109. The average Bonchev–Trinajstić information content (AvgIpc) is 2.72. The maximum absolute atomic E-state index is 5.09. The fourth-order valence-electron chi connectivity index (χ4n) is 2.03. The highest BCUT2D eigenvalue weighted by atomic mass is 32.2. The third-order valence-electron chi connectivity index (χ3n) is 3.29. The summed E-state index contributed by atoms with van der Waals surface area (Å²) in [6, 6.07) is 20.9. The average molecular weight is 384 g/mol. The number of hydrogen-bond acceptors (Lipinski definition) is 1. The molecule has 2 aromatic rings. The number of benzene rings is 2. The summed E-state index contributed by atoms with van der Waals surface area (Å²) in [5, 5.41) is 0. The van der Waals surface area contributed by atoms with Crippen LogP contribution in [0.2, 0.25) is 0 Å². The van der Waals surface area contributed by atoms with Crippen LogP contribution in [0.1, 0.15) is 40.5 Å². The molecule has 0 spiro atoms. The van der Waals surface area contributed by atoms with E-state index in [4.69, 9.17) is 4.74 Å². The molecule has 0 aliphatic rings. The Bertz CT molecular complexity index is 607. The van der Waals surface area contributed by atoms with Gasteiger partial charge in [0.1, 0.15) is 0 Å². The summed E-state index contributed by atoms with van der Waals surface area (Å²) in [5.41, 5.74) is 0. The summed E-state index contributed by atoms with van der Waals surface area (Å²) < 4.78 is 5.09. The Balaban J connectivity index is 0.000000574. The van der Waals surface area contributed by atoms with Crippen molar-refractivity contribution in [3.05, 3.63) is 97.1 Å². The van der Waals surface area contributed by atoms with Crippen molar-refractivity contribution in [1.82, 2.24) is 0 Å². The van der Waals surface area contributed by atoms with E-state index in [0.29, 0.717) is 0 Å². The Hall–Kier alpha value is -2.19. The lowest BCUT2D eigenvalue weighted by atomic mass is 10.4. The van der Waals surface area contributed by atoms with Crippen molar-refractivity contribution >= 4 is 10.9 Å². The summed E-state index contributed by atoms with van der Waals surface area (Å²) in [4.78, 5) is 3.62. The van der Waals surface area contributed by atoms with Crippen LogP contribution in [-0.2, 0) is 15.6 Å². The Morgan fingerprint density at radius 3 is 1.70 bits per heavy atom. The fourth-order valence-corrected chi connectivity index (χ4v) is 3.93. The van der Waals surface area contributed by atoms with Gasteiger partial charge in [0.2, 0.25) is 0 Å². The Labute approximate surface area is 169 Å². The third kappa shape index (κ3) is 10.5. The van der Waals surface area contributed by atoms with E-state index in [0.717, 1.165) is 23.7 Å². The number of allylic oxidation sites excluding steroid dienone is 2. The van der Waals surface area contributed by atoms with Gasteiger partial charge in [-0.15, -0.1) is 0 Å². The number of ether oxygens (including phenoxy) is 1. The van der Waals surface area contributed by atoms with E-state index in [9.17, 15) is 0 Å².